The molecule has 0 radical (unpaired) electrons. The summed E-state index contributed by atoms with van der Waals surface area (Å²) in [6, 6.07) is 8.57. The molecule has 5 nitrogen and oxygen atoms in total. The first-order valence-electron chi connectivity index (χ1n) is 9.01. The highest BCUT2D eigenvalue weighted by atomic mass is 32.2. The Kier molecular flexibility index (Phi) is 5.08. The van der Waals surface area contributed by atoms with Crippen LogP contribution in [0.2, 0.25) is 0 Å². The Morgan fingerprint density at radius 3 is 2.64 bits per heavy atom. The maximum Gasteiger partial charge on any atom is 0.253 e. The quantitative estimate of drug-likeness (QED) is 0.919. The maximum atomic E-state index is 12.9. The average Bonchev–Trinajstić information content (AvgIpc) is 3.23. The number of amides is 1. The molecular weight excluding hydrogens is 332 g/mol. The maximum absolute atomic E-state index is 12.9. The summed E-state index contributed by atoms with van der Waals surface area (Å²) in [6.07, 6.45) is 6.23. The van der Waals surface area contributed by atoms with Gasteiger partial charge in [0.1, 0.15) is 0 Å². The first-order valence-corrected chi connectivity index (χ1v) is 10.2. The number of H-pyrrole nitrogens is 1. The van der Waals surface area contributed by atoms with E-state index >= 15 is 0 Å². The van der Waals surface area contributed by atoms with Crippen LogP contribution in [0.15, 0.2) is 36.7 Å². The van der Waals surface area contributed by atoms with Gasteiger partial charge in [-0.15, -0.1) is 0 Å². The first kappa shape index (κ1) is 16.7. The monoisotopic (exact) mass is 356 g/mol. The van der Waals surface area contributed by atoms with Crippen molar-refractivity contribution in [1.29, 1.82) is 0 Å². The lowest BCUT2D eigenvalue weighted by Gasteiger charge is -2.40. The minimum atomic E-state index is 0.143. The summed E-state index contributed by atoms with van der Waals surface area (Å²) in [6.45, 7) is 3.67. The SMILES string of the molecule is O=C(c1cccc(-c2cn[nH]c2)c1)N1CCN(C2CCSCC2)CC1. The molecule has 2 fully saturated rings. The lowest BCUT2D eigenvalue weighted by molar-refractivity contribution is 0.0559. The minimum Gasteiger partial charge on any atom is -0.336 e. The highest BCUT2D eigenvalue weighted by molar-refractivity contribution is 7.99. The molecule has 2 aliphatic rings. The summed E-state index contributed by atoms with van der Waals surface area (Å²) in [5, 5.41) is 6.81. The van der Waals surface area contributed by atoms with Crippen molar-refractivity contribution in [2.75, 3.05) is 37.7 Å². The van der Waals surface area contributed by atoms with Gasteiger partial charge in [-0.3, -0.25) is 14.8 Å². The fraction of sp³-hybridized carbons (Fsp3) is 0.474. The van der Waals surface area contributed by atoms with Crippen LogP contribution in [0.3, 0.4) is 0 Å². The number of hydrogen-bond donors (Lipinski definition) is 1. The summed E-state index contributed by atoms with van der Waals surface area (Å²) in [5.74, 6) is 2.71. The number of thioether (sulfide) groups is 1. The number of nitrogens with one attached hydrogen (secondary N) is 1. The predicted octanol–water partition coefficient (Wildman–Crippen LogP) is 2.73. The van der Waals surface area contributed by atoms with Crippen molar-refractivity contribution in [3.05, 3.63) is 42.2 Å². The van der Waals surface area contributed by atoms with Gasteiger partial charge in [-0.25, -0.2) is 0 Å². The van der Waals surface area contributed by atoms with Crippen molar-refractivity contribution < 1.29 is 4.79 Å². The Hall–Kier alpha value is -1.79. The third kappa shape index (κ3) is 3.75. The molecule has 6 heteroatoms. The van der Waals surface area contributed by atoms with Gasteiger partial charge >= 0.3 is 0 Å². The van der Waals surface area contributed by atoms with Crippen LogP contribution in [0.5, 0.6) is 0 Å². The molecule has 25 heavy (non-hydrogen) atoms. The number of carbonyl (C=O) groups excluding carboxylic acids is 1. The topological polar surface area (TPSA) is 52.2 Å². The third-order valence-electron chi connectivity index (χ3n) is 5.25. The Bertz CT molecular complexity index is 704. The second-order valence-electron chi connectivity index (χ2n) is 6.74. The molecule has 0 saturated carbocycles. The zero-order chi connectivity index (χ0) is 17.1. The Labute approximate surface area is 152 Å². The number of benzene rings is 1. The van der Waals surface area contributed by atoms with Crippen molar-refractivity contribution in [1.82, 2.24) is 20.0 Å². The zero-order valence-electron chi connectivity index (χ0n) is 14.4. The largest absolute Gasteiger partial charge is 0.336 e. The van der Waals surface area contributed by atoms with Crippen molar-refractivity contribution in [3.63, 3.8) is 0 Å². The minimum absolute atomic E-state index is 0.143. The van der Waals surface area contributed by atoms with Crippen molar-refractivity contribution >= 4 is 17.7 Å². The number of nitrogens with zero attached hydrogens (tertiary/aromatic N) is 3. The van der Waals surface area contributed by atoms with Gasteiger partial charge in [0.05, 0.1) is 6.20 Å². The van der Waals surface area contributed by atoms with E-state index in [9.17, 15) is 4.79 Å². The molecule has 1 N–H and O–H groups in total. The molecule has 1 amide bonds. The molecule has 4 rings (SSSR count). The van der Waals surface area contributed by atoms with Gasteiger partial charge in [-0.2, -0.15) is 16.9 Å². The molecule has 0 spiro atoms. The summed E-state index contributed by atoms with van der Waals surface area (Å²) >= 11 is 2.07. The molecule has 0 atom stereocenters. The van der Waals surface area contributed by atoms with Crippen LogP contribution >= 0.6 is 11.8 Å². The van der Waals surface area contributed by atoms with Gasteiger partial charge < -0.3 is 4.90 Å². The molecule has 1 aromatic carbocycles. The number of aromatic amines is 1. The van der Waals surface area contributed by atoms with E-state index in [-0.39, 0.29) is 5.91 Å². The molecule has 2 saturated heterocycles. The molecular formula is C19H24N4OS. The van der Waals surface area contributed by atoms with E-state index in [1.807, 2.05) is 35.4 Å². The zero-order valence-corrected chi connectivity index (χ0v) is 15.2. The van der Waals surface area contributed by atoms with E-state index in [2.05, 4.69) is 26.9 Å². The standard InChI is InChI=1S/C19H24N4OS/c24-19(16-3-1-2-15(12-16)17-13-20-21-14-17)23-8-6-22(7-9-23)18-4-10-25-11-5-18/h1-3,12-14,18H,4-11H2,(H,20,21). The molecule has 2 aromatic rings. The third-order valence-corrected chi connectivity index (χ3v) is 6.30. The van der Waals surface area contributed by atoms with E-state index in [4.69, 9.17) is 0 Å². The van der Waals surface area contributed by atoms with Gasteiger partial charge in [0.25, 0.3) is 5.91 Å². The van der Waals surface area contributed by atoms with Crippen LogP contribution in [0.4, 0.5) is 0 Å². The number of rotatable bonds is 3. The Morgan fingerprint density at radius 2 is 1.92 bits per heavy atom. The number of piperazine rings is 1. The second kappa shape index (κ2) is 7.62. The molecule has 132 valence electrons. The van der Waals surface area contributed by atoms with E-state index in [1.54, 1.807) is 6.20 Å². The fourth-order valence-corrected chi connectivity index (χ4v) is 4.85. The van der Waals surface area contributed by atoms with Crippen LogP contribution in [0.1, 0.15) is 23.2 Å². The second-order valence-corrected chi connectivity index (χ2v) is 7.96. The summed E-state index contributed by atoms with van der Waals surface area (Å²) < 4.78 is 0. The highest BCUT2D eigenvalue weighted by Crippen LogP contribution is 2.24. The summed E-state index contributed by atoms with van der Waals surface area (Å²) in [4.78, 5) is 17.5. The molecule has 1 aromatic heterocycles. The fourth-order valence-electron chi connectivity index (χ4n) is 3.76. The highest BCUT2D eigenvalue weighted by Gasteiger charge is 2.27. The summed E-state index contributed by atoms with van der Waals surface area (Å²) in [7, 11) is 0. The summed E-state index contributed by atoms with van der Waals surface area (Å²) in [5.41, 5.74) is 2.80. The van der Waals surface area contributed by atoms with Crippen LogP contribution in [0.25, 0.3) is 11.1 Å². The number of hydrogen-bond acceptors (Lipinski definition) is 4. The van der Waals surface area contributed by atoms with Crippen LogP contribution in [-0.2, 0) is 0 Å². The molecule has 0 aliphatic carbocycles. The number of aromatic nitrogens is 2. The van der Waals surface area contributed by atoms with Crippen molar-refractivity contribution in [2.45, 2.75) is 18.9 Å². The first-order chi connectivity index (χ1) is 12.3. The lowest BCUT2D eigenvalue weighted by Crippen LogP contribution is -2.52. The Balaban J connectivity index is 1.40. The van der Waals surface area contributed by atoms with Gasteiger partial charge in [-0.05, 0) is 42.0 Å². The predicted molar refractivity (Wildman–Crippen MR) is 102 cm³/mol. The van der Waals surface area contributed by atoms with Gasteiger partial charge in [0.15, 0.2) is 0 Å². The molecule has 0 unspecified atom stereocenters. The van der Waals surface area contributed by atoms with Crippen molar-refractivity contribution in [2.24, 2.45) is 0 Å². The molecule has 2 aliphatic heterocycles. The van der Waals surface area contributed by atoms with Crippen LogP contribution in [-0.4, -0.2) is 69.6 Å². The van der Waals surface area contributed by atoms with E-state index in [0.717, 1.165) is 48.9 Å². The van der Waals surface area contributed by atoms with Crippen LogP contribution < -0.4 is 0 Å². The van der Waals surface area contributed by atoms with Gasteiger partial charge in [-0.1, -0.05) is 12.1 Å². The molecule has 0 bridgehead atoms. The van der Waals surface area contributed by atoms with Gasteiger partial charge in [0, 0.05) is 49.5 Å². The Morgan fingerprint density at radius 1 is 1.12 bits per heavy atom. The van der Waals surface area contributed by atoms with E-state index < -0.39 is 0 Å². The van der Waals surface area contributed by atoms with Crippen LogP contribution in [0, 0.1) is 0 Å². The van der Waals surface area contributed by atoms with Gasteiger partial charge in [0.2, 0.25) is 0 Å². The number of carbonyl (C=O) groups is 1. The molecule has 3 heterocycles. The lowest BCUT2D eigenvalue weighted by atomic mass is 10.0. The van der Waals surface area contributed by atoms with Crippen molar-refractivity contribution in [3.8, 4) is 11.1 Å². The van der Waals surface area contributed by atoms with E-state index in [0.29, 0.717) is 0 Å². The smallest absolute Gasteiger partial charge is 0.253 e. The average molecular weight is 356 g/mol. The van der Waals surface area contributed by atoms with E-state index in [1.165, 1.54) is 24.3 Å². The normalized spacial score (nSPS) is 19.9.